The van der Waals surface area contributed by atoms with Crippen molar-refractivity contribution < 1.29 is 14.0 Å². The summed E-state index contributed by atoms with van der Waals surface area (Å²) in [5.74, 6) is -0.761. The first kappa shape index (κ1) is 18.0. The molecule has 1 aliphatic rings. The number of imide groups is 1. The maximum Gasteiger partial charge on any atom is 0.438 e. The second-order valence-corrected chi connectivity index (χ2v) is 7.13. The average Bonchev–Trinajstić information content (AvgIpc) is 3.36. The van der Waals surface area contributed by atoms with Gasteiger partial charge in [-0.2, -0.15) is 0 Å². The smallest absolute Gasteiger partial charge is 0.275 e. The fraction of sp³-hybridized carbons (Fsp3) is 0. The molecule has 28 heavy (non-hydrogen) atoms. The van der Waals surface area contributed by atoms with Crippen LogP contribution in [0, 0.1) is 5.82 Å². The number of carbonyl (C=O) groups excluding carboxylic acids is 2. The van der Waals surface area contributed by atoms with E-state index >= 15 is 0 Å². The quantitative estimate of drug-likeness (QED) is 0.493. The summed E-state index contributed by atoms with van der Waals surface area (Å²) in [5, 5.41) is 4.61. The molecule has 2 aromatic carbocycles. The second-order valence-electron chi connectivity index (χ2n) is 6.19. The maximum atomic E-state index is 13.4. The van der Waals surface area contributed by atoms with Gasteiger partial charge in [-0.15, -0.1) is 15.8 Å². The van der Waals surface area contributed by atoms with Crippen molar-refractivity contribution in [2.75, 3.05) is 0 Å². The van der Waals surface area contributed by atoms with Crippen LogP contribution in [0.15, 0.2) is 84.4 Å². The van der Waals surface area contributed by atoms with Crippen LogP contribution in [0.5, 0.6) is 0 Å². The number of nitrogens with one attached hydrogen (secondary N) is 1. The van der Waals surface area contributed by atoms with Crippen LogP contribution in [0.4, 0.5) is 14.9 Å². The van der Waals surface area contributed by atoms with E-state index in [1.807, 2.05) is 23.6 Å². The highest BCUT2D eigenvalue weighted by Crippen LogP contribution is 2.40. The van der Waals surface area contributed by atoms with E-state index < -0.39 is 16.4 Å². The molecule has 1 aliphatic heterocycles. The summed E-state index contributed by atoms with van der Waals surface area (Å²) in [7, 11) is 0. The number of urea groups is 1. The number of hydrogen-bond acceptors (Lipinski definition) is 3. The second kappa shape index (κ2) is 7.34. The van der Waals surface area contributed by atoms with E-state index in [1.54, 1.807) is 48.7 Å². The van der Waals surface area contributed by atoms with Crippen LogP contribution < -0.4 is 9.80 Å². The molecule has 1 aromatic heterocycles. The normalized spacial score (nSPS) is 18.9. The van der Waals surface area contributed by atoms with E-state index in [9.17, 15) is 14.0 Å². The van der Waals surface area contributed by atoms with E-state index in [1.165, 1.54) is 29.5 Å². The lowest BCUT2D eigenvalue weighted by Crippen LogP contribution is -2.55. The molecule has 0 saturated carbocycles. The number of halogens is 1. The van der Waals surface area contributed by atoms with Crippen molar-refractivity contribution in [1.82, 2.24) is 9.80 Å². The molecule has 0 saturated heterocycles. The minimum Gasteiger partial charge on any atom is -0.275 e. The van der Waals surface area contributed by atoms with Crippen LogP contribution in [0.25, 0.3) is 11.8 Å². The van der Waals surface area contributed by atoms with Crippen molar-refractivity contribution >= 4 is 40.7 Å². The predicted molar refractivity (Wildman–Crippen MR) is 110 cm³/mol. The molecule has 3 amide bonds. The molecule has 4 nitrogen and oxygen atoms in total. The number of benzene rings is 2. The molecular formula is C22H16FN2O2S+. The molecule has 0 bridgehead atoms. The zero-order valence-electron chi connectivity index (χ0n) is 14.7. The molecule has 1 atom stereocenters. The van der Waals surface area contributed by atoms with Crippen molar-refractivity contribution in [2.24, 2.45) is 0 Å². The van der Waals surface area contributed by atoms with Crippen LogP contribution in [0.3, 0.4) is 0 Å². The Bertz CT molecular complexity index is 1070. The van der Waals surface area contributed by atoms with E-state index in [2.05, 4.69) is 5.32 Å². The van der Waals surface area contributed by atoms with E-state index in [0.717, 1.165) is 4.88 Å². The van der Waals surface area contributed by atoms with Crippen molar-refractivity contribution in [3.8, 4) is 0 Å². The first-order chi connectivity index (χ1) is 13.6. The Labute approximate surface area is 165 Å². The molecule has 6 heteroatoms. The third kappa shape index (κ3) is 2.98. The van der Waals surface area contributed by atoms with Gasteiger partial charge in [-0.3, -0.25) is 5.32 Å². The fourth-order valence-electron chi connectivity index (χ4n) is 3.20. The Morgan fingerprint density at radius 3 is 2.43 bits per heavy atom. The van der Waals surface area contributed by atoms with Gasteiger partial charge in [0.05, 0.1) is 11.1 Å². The van der Waals surface area contributed by atoms with Gasteiger partial charge in [-0.1, -0.05) is 36.4 Å². The van der Waals surface area contributed by atoms with Crippen LogP contribution in [0.1, 0.15) is 10.4 Å². The topological polar surface area (TPSA) is 46.2 Å². The van der Waals surface area contributed by atoms with Crippen LogP contribution in [0.2, 0.25) is 0 Å². The molecule has 0 fully saturated rings. The first-order valence-electron chi connectivity index (χ1n) is 8.61. The van der Waals surface area contributed by atoms with Gasteiger partial charge in [0.2, 0.25) is 0 Å². The number of rotatable bonds is 4. The van der Waals surface area contributed by atoms with Crippen molar-refractivity contribution in [2.45, 2.75) is 0 Å². The number of amides is 3. The summed E-state index contributed by atoms with van der Waals surface area (Å²) in [6.07, 6.45) is 4.54. The lowest BCUT2D eigenvalue weighted by Gasteiger charge is -2.27. The Hall–Kier alpha value is -3.35. The molecule has 1 unspecified atom stereocenters. The molecular weight excluding hydrogens is 375 g/mol. The van der Waals surface area contributed by atoms with Crippen LogP contribution in [-0.4, -0.2) is 11.9 Å². The van der Waals surface area contributed by atoms with Crippen molar-refractivity contribution in [1.29, 1.82) is 0 Å². The van der Waals surface area contributed by atoms with Crippen molar-refractivity contribution in [3.05, 3.63) is 101 Å². The van der Waals surface area contributed by atoms with Crippen LogP contribution in [-0.2, 0) is 4.79 Å². The van der Waals surface area contributed by atoms with Gasteiger partial charge in [0, 0.05) is 18.2 Å². The van der Waals surface area contributed by atoms with Gasteiger partial charge >= 0.3 is 11.9 Å². The number of carbonyl (C=O) groups is 2. The highest BCUT2D eigenvalue weighted by atomic mass is 32.1. The van der Waals surface area contributed by atoms with Gasteiger partial charge < -0.3 is 0 Å². The standard InChI is InChI=1S/C22H15FN2O2S/c23-17-11-8-16(9-12-17)10-13-21(26)25(18-5-2-1-3-6-18)19(15-24-22(25)27)20-7-4-14-28-20/h1-15H/p+1. The summed E-state index contributed by atoms with van der Waals surface area (Å²) in [6.45, 7) is 0. The summed E-state index contributed by atoms with van der Waals surface area (Å²) >= 11 is 1.46. The molecule has 0 radical (unpaired) electrons. The number of thiophene rings is 1. The minimum atomic E-state index is -0.584. The molecule has 3 aromatic rings. The predicted octanol–water partition coefficient (Wildman–Crippen LogP) is 5.16. The third-order valence-corrected chi connectivity index (χ3v) is 5.43. The maximum absolute atomic E-state index is 13.4. The lowest BCUT2D eigenvalue weighted by atomic mass is 10.1. The van der Waals surface area contributed by atoms with E-state index in [4.69, 9.17) is 0 Å². The average molecular weight is 391 g/mol. The number of quaternary nitrogens is 1. The third-order valence-electron chi connectivity index (χ3n) is 4.53. The zero-order chi connectivity index (χ0) is 19.6. The Morgan fingerprint density at radius 1 is 1.00 bits per heavy atom. The Kier molecular flexibility index (Phi) is 4.73. The Balaban J connectivity index is 1.82. The summed E-state index contributed by atoms with van der Waals surface area (Å²) < 4.78 is 12.5. The van der Waals surface area contributed by atoms with Gasteiger partial charge in [0.1, 0.15) is 5.82 Å². The molecule has 1 N–H and O–H groups in total. The van der Waals surface area contributed by atoms with Gasteiger partial charge in [0.25, 0.3) is 0 Å². The minimum absolute atomic E-state index is 0.349. The lowest BCUT2D eigenvalue weighted by molar-refractivity contribution is -0.120. The molecule has 0 aliphatic carbocycles. The Morgan fingerprint density at radius 2 is 1.75 bits per heavy atom. The van der Waals surface area contributed by atoms with E-state index in [-0.39, 0.29) is 5.82 Å². The fourth-order valence-corrected chi connectivity index (χ4v) is 3.98. The number of para-hydroxylation sites is 1. The zero-order valence-corrected chi connectivity index (χ0v) is 15.5. The highest BCUT2D eigenvalue weighted by Gasteiger charge is 2.54. The summed E-state index contributed by atoms with van der Waals surface area (Å²) in [4.78, 5) is 27.3. The van der Waals surface area contributed by atoms with Gasteiger partial charge in [0.15, 0.2) is 11.4 Å². The SMILES string of the molecule is O=C(C=Cc1ccc(F)cc1)[N+]1(c2ccccc2)C(=O)NC=C1c1cccs1. The summed E-state index contributed by atoms with van der Waals surface area (Å²) in [5.41, 5.74) is 1.79. The monoisotopic (exact) mass is 391 g/mol. The van der Waals surface area contributed by atoms with E-state index in [0.29, 0.717) is 16.9 Å². The molecule has 4 rings (SSSR count). The van der Waals surface area contributed by atoms with Gasteiger partial charge in [-0.25, -0.2) is 14.0 Å². The largest absolute Gasteiger partial charge is 0.438 e. The number of hydrogen-bond donors (Lipinski definition) is 1. The number of nitrogens with zero attached hydrogens (tertiary/aromatic N) is 1. The molecule has 2 heterocycles. The van der Waals surface area contributed by atoms with Gasteiger partial charge in [-0.05, 0) is 35.2 Å². The first-order valence-corrected chi connectivity index (χ1v) is 9.49. The summed E-state index contributed by atoms with van der Waals surface area (Å²) in [6, 6.07) is 18.1. The van der Waals surface area contributed by atoms with Crippen LogP contribution >= 0.6 is 11.3 Å². The van der Waals surface area contributed by atoms with Crippen molar-refractivity contribution in [3.63, 3.8) is 0 Å². The highest BCUT2D eigenvalue weighted by molar-refractivity contribution is 7.11. The molecule has 0 spiro atoms. The molecule has 138 valence electrons.